The van der Waals surface area contributed by atoms with Gasteiger partial charge in [-0.15, -0.1) is 13.2 Å². The van der Waals surface area contributed by atoms with E-state index in [9.17, 15) is 22.0 Å². The Morgan fingerprint density at radius 2 is 1.41 bits per heavy atom. The van der Waals surface area contributed by atoms with Gasteiger partial charge in [-0.05, 0) is 37.5 Å². The summed E-state index contributed by atoms with van der Waals surface area (Å²) < 4.78 is 64.7. The molecular formula is C11H17F5O. The fourth-order valence-corrected chi connectivity index (χ4v) is 2.36. The van der Waals surface area contributed by atoms with Crippen molar-refractivity contribution in [3.8, 4) is 0 Å². The van der Waals surface area contributed by atoms with E-state index in [1.54, 1.807) is 0 Å². The highest BCUT2D eigenvalue weighted by Crippen LogP contribution is 2.43. The van der Waals surface area contributed by atoms with Crippen LogP contribution in [-0.4, -0.2) is 12.5 Å². The van der Waals surface area contributed by atoms with Crippen molar-refractivity contribution in [2.24, 2.45) is 17.8 Å². The number of halogens is 5. The third-order valence-electron chi connectivity index (χ3n) is 3.44. The van der Waals surface area contributed by atoms with Crippen molar-refractivity contribution in [3.05, 3.63) is 0 Å². The van der Waals surface area contributed by atoms with Gasteiger partial charge in [0.2, 0.25) is 0 Å². The third kappa shape index (κ3) is 4.41. The highest BCUT2D eigenvalue weighted by atomic mass is 19.4. The molecule has 1 aliphatic carbocycles. The minimum Gasteiger partial charge on any atom is -0.225 e. The van der Waals surface area contributed by atoms with E-state index in [-0.39, 0.29) is 12.8 Å². The quantitative estimate of drug-likeness (QED) is 0.675. The molecule has 1 saturated carbocycles. The zero-order valence-electron chi connectivity index (χ0n) is 9.86. The van der Waals surface area contributed by atoms with Crippen molar-refractivity contribution in [2.75, 3.05) is 0 Å². The van der Waals surface area contributed by atoms with Crippen LogP contribution < -0.4 is 0 Å². The molecule has 0 heterocycles. The summed E-state index contributed by atoms with van der Waals surface area (Å²) in [5, 5.41) is 0. The van der Waals surface area contributed by atoms with Gasteiger partial charge in [-0.2, -0.15) is 8.78 Å². The molecule has 6 heteroatoms. The maximum absolute atomic E-state index is 13.2. The summed E-state index contributed by atoms with van der Waals surface area (Å²) in [6, 6.07) is 0. The van der Waals surface area contributed by atoms with Crippen LogP contribution in [0.3, 0.4) is 0 Å². The Morgan fingerprint density at radius 1 is 0.941 bits per heavy atom. The molecule has 0 unspecified atom stereocenters. The lowest BCUT2D eigenvalue weighted by Crippen LogP contribution is -2.39. The van der Waals surface area contributed by atoms with Gasteiger partial charge in [-0.25, -0.2) is 4.74 Å². The first-order chi connectivity index (χ1) is 7.62. The lowest BCUT2D eigenvalue weighted by molar-refractivity contribution is -0.439. The Balaban J connectivity index is 2.52. The second-order valence-electron chi connectivity index (χ2n) is 4.97. The second-order valence-corrected chi connectivity index (χ2v) is 4.97. The normalized spacial score (nSPS) is 27.5. The van der Waals surface area contributed by atoms with Crippen molar-refractivity contribution < 1.29 is 26.7 Å². The van der Waals surface area contributed by atoms with E-state index in [0.29, 0.717) is 24.7 Å². The number of rotatable bonds is 3. The van der Waals surface area contributed by atoms with E-state index in [1.165, 1.54) is 0 Å². The summed E-state index contributed by atoms with van der Waals surface area (Å²) in [7, 11) is 0. The zero-order valence-corrected chi connectivity index (χ0v) is 9.86. The minimum absolute atomic E-state index is 0.0892. The molecule has 0 amide bonds. The Hall–Kier alpha value is -0.390. The number of hydrogen-bond acceptors (Lipinski definition) is 1. The summed E-state index contributed by atoms with van der Waals surface area (Å²) in [5.74, 6) is -0.611. The zero-order chi connectivity index (χ0) is 13.3. The van der Waals surface area contributed by atoms with Crippen molar-refractivity contribution in [1.82, 2.24) is 0 Å². The van der Waals surface area contributed by atoms with Crippen LogP contribution in [0.1, 0.15) is 39.5 Å². The highest BCUT2D eigenvalue weighted by molar-refractivity contribution is 4.79. The third-order valence-corrected chi connectivity index (χ3v) is 3.44. The van der Waals surface area contributed by atoms with E-state index in [0.717, 1.165) is 0 Å². The van der Waals surface area contributed by atoms with E-state index in [4.69, 9.17) is 0 Å². The topological polar surface area (TPSA) is 9.23 Å². The highest BCUT2D eigenvalue weighted by Gasteiger charge is 2.50. The van der Waals surface area contributed by atoms with Crippen LogP contribution in [0.5, 0.6) is 0 Å². The molecule has 0 radical (unpaired) electrons. The number of ether oxygens (including phenoxy) is 1. The van der Waals surface area contributed by atoms with Gasteiger partial charge in [-0.3, -0.25) is 0 Å². The summed E-state index contributed by atoms with van der Waals surface area (Å²) in [4.78, 5) is 0. The monoisotopic (exact) mass is 260 g/mol. The second kappa shape index (κ2) is 5.08. The molecule has 0 N–H and O–H groups in total. The van der Waals surface area contributed by atoms with Gasteiger partial charge in [0.25, 0.3) is 0 Å². The summed E-state index contributed by atoms with van der Waals surface area (Å²) in [5.41, 5.74) is 0. The molecule has 0 aromatic rings. The molecule has 0 aromatic heterocycles. The largest absolute Gasteiger partial charge is 0.527 e. The minimum atomic E-state index is -5.28. The average Bonchev–Trinajstić information content (AvgIpc) is 2.14. The molecule has 0 aliphatic heterocycles. The first-order valence-corrected chi connectivity index (χ1v) is 5.76. The van der Waals surface area contributed by atoms with Gasteiger partial charge in [0.15, 0.2) is 0 Å². The van der Waals surface area contributed by atoms with Crippen molar-refractivity contribution in [2.45, 2.75) is 52.0 Å². The Kier molecular flexibility index (Phi) is 4.38. The molecule has 1 rings (SSSR count). The van der Waals surface area contributed by atoms with Crippen LogP contribution in [0.2, 0.25) is 0 Å². The number of alkyl halides is 5. The molecular weight excluding hydrogens is 243 g/mol. The predicted molar refractivity (Wildman–Crippen MR) is 52.4 cm³/mol. The molecule has 1 nitrogen and oxygen atoms in total. The van der Waals surface area contributed by atoms with Crippen LogP contribution >= 0.6 is 0 Å². The Bertz CT molecular complexity index is 241. The van der Waals surface area contributed by atoms with Gasteiger partial charge >= 0.3 is 12.5 Å². The fourth-order valence-electron chi connectivity index (χ4n) is 2.36. The van der Waals surface area contributed by atoms with Gasteiger partial charge in [0.1, 0.15) is 0 Å². The van der Waals surface area contributed by atoms with Gasteiger partial charge in [0.05, 0.1) is 5.92 Å². The molecule has 0 aromatic carbocycles. The molecule has 17 heavy (non-hydrogen) atoms. The van der Waals surface area contributed by atoms with Crippen LogP contribution in [0.15, 0.2) is 0 Å². The molecule has 1 fully saturated rings. The summed E-state index contributed by atoms with van der Waals surface area (Å²) in [6.07, 6.45) is -8.12. The van der Waals surface area contributed by atoms with Gasteiger partial charge in [0, 0.05) is 0 Å². The van der Waals surface area contributed by atoms with E-state index < -0.39 is 18.4 Å². The summed E-state index contributed by atoms with van der Waals surface area (Å²) >= 11 is 0. The summed E-state index contributed by atoms with van der Waals surface area (Å²) in [6.45, 7) is 3.99. The SMILES string of the molecule is CC(C)C1CCC(C(F)(F)OC(F)(F)F)CC1. The lowest BCUT2D eigenvalue weighted by atomic mass is 9.76. The molecule has 1 aliphatic rings. The first kappa shape index (κ1) is 14.7. The van der Waals surface area contributed by atoms with E-state index in [1.807, 2.05) is 13.8 Å². The Labute approximate surface area is 97.3 Å². The standard InChI is InChI=1S/C11H17F5O/c1-7(2)8-3-5-9(6-4-8)10(12,13)17-11(14,15)16/h7-9H,3-6H2,1-2H3. The maximum Gasteiger partial charge on any atom is 0.527 e. The van der Waals surface area contributed by atoms with Crippen molar-refractivity contribution in [1.29, 1.82) is 0 Å². The Morgan fingerprint density at radius 3 is 1.76 bits per heavy atom. The van der Waals surface area contributed by atoms with Crippen LogP contribution in [-0.2, 0) is 4.74 Å². The lowest BCUT2D eigenvalue weighted by Gasteiger charge is -2.34. The van der Waals surface area contributed by atoms with Crippen molar-refractivity contribution >= 4 is 0 Å². The molecule has 0 bridgehead atoms. The average molecular weight is 260 g/mol. The van der Waals surface area contributed by atoms with Crippen LogP contribution in [0.4, 0.5) is 22.0 Å². The van der Waals surface area contributed by atoms with Crippen LogP contribution in [0, 0.1) is 17.8 Å². The van der Waals surface area contributed by atoms with Gasteiger partial charge < -0.3 is 0 Å². The van der Waals surface area contributed by atoms with E-state index in [2.05, 4.69) is 4.74 Å². The first-order valence-electron chi connectivity index (χ1n) is 5.76. The molecule has 0 spiro atoms. The smallest absolute Gasteiger partial charge is 0.225 e. The molecule has 0 saturated heterocycles. The fraction of sp³-hybridized carbons (Fsp3) is 1.00. The van der Waals surface area contributed by atoms with E-state index >= 15 is 0 Å². The van der Waals surface area contributed by atoms with Crippen LogP contribution in [0.25, 0.3) is 0 Å². The molecule has 102 valence electrons. The predicted octanol–water partition coefficient (Wildman–Crippen LogP) is 4.58. The van der Waals surface area contributed by atoms with Gasteiger partial charge in [-0.1, -0.05) is 13.8 Å². The number of hydrogen-bond donors (Lipinski definition) is 0. The van der Waals surface area contributed by atoms with Crippen molar-refractivity contribution in [3.63, 3.8) is 0 Å². The maximum atomic E-state index is 13.2. The molecule has 0 atom stereocenters.